The fourth-order valence-corrected chi connectivity index (χ4v) is 1.71. The monoisotopic (exact) mass is 249 g/mol. The maximum atomic E-state index is 13.8. The average Bonchev–Trinajstić information content (AvgIpc) is 2.58. The lowest BCUT2D eigenvalue weighted by Crippen LogP contribution is -2.02. The van der Waals surface area contributed by atoms with Crippen molar-refractivity contribution in [2.75, 3.05) is 5.73 Å². The highest BCUT2D eigenvalue weighted by Crippen LogP contribution is 2.26. The number of rotatable bonds is 2. The normalized spacial score (nSPS) is 10.6. The first-order valence-corrected chi connectivity index (χ1v) is 5.23. The van der Waals surface area contributed by atoms with Crippen LogP contribution in [0.15, 0.2) is 18.2 Å². The zero-order chi connectivity index (χ0) is 13.4. The summed E-state index contributed by atoms with van der Waals surface area (Å²) in [6, 6.07) is 3.96. The minimum atomic E-state index is -1.10. The summed E-state index contributed by atoms with van der Waals surface area (Å²) in [5.74, 6) is -1.24. The summed E-state index contributed by atoms with van der Waals surface area (Å²) in [4.78, 5) is 11.0. The van der Waals surface area contributed by atoms with Gasteiger partial charge in [0.05, 0.1) is 11.3 Å². The Kier molecular flexibility index (Phi) is 2.78. The van der Waals surface area contributed by atoms with Gasteiger partial charge in [0.1, 0.15) is 11.6 Å². The van der Waals surface area contributed by atoms with Gasteiger partial charge in [0.25, 0.3) is 0 Å². The maximum absolute atomic E-state index is 13.8. The maximum Gasteiger partial charge on any atom is 0.335 e. The van der Waals surface area contributed by atoms with Gasteiger partial charge in [-0.05, 0) is 24.6 Å². The van der Waals surface area contributed by atoms with E-state index < -0.39 is 11.8 Å². The van der Waals surface area contributed by atoms with Gasteiger partial charge in [0.2, 0.25) is 0 Å². The summed E-state index contributed by atoms with van der Waals surface area (Å²) in [7, 11) is 1.63. The summed E-state index contributed by atoms with van der Waals surface area (Å²) >= 11 is 0. The molecule has 0 unspecified atom stereocenters. The predicted molar refractivity (Wildman–Crippen MR) is 64.7 cm³/mol. The van der Waals surface area contributed by atoms with Crippen molar-refractivity contribution in [3.05, 3.63) is 35.1 Å². The smallest absolute Gasteiger partial charge is 0.335 e. The molecule has 94 valence electrons. The molecule has 0 saturated heterocycles. The summed E-state index contributed by atoms with van der Waals surface area (Å²) < 4.78 is 15.2. The Morgan fingerprint density at radius 2 is 2.11 bits per heavy atom. The van der Waals surface area contributed by atoms with E-state index in [2.05, 4.69) is 5.10 Å². The van der Waals surface area contributed by atoms with Crippen LogP contribution in [0.1, 0.15) is 15.9 Å². The van der Waals surface area contributed by atoms with Gasteiger partial charge in [-0.2, -0.15) is 5.10 Å². The molecule has 0 amide bonds. The van der Waals surface area contributed by atoms with Crippen molar-refractivity contribution >= 4 is 11.8 Å². The molecule has 18 heavy (non-hydrogen) atoms. The first kappa shape index (κ1) is 12.1. The number of carboxylic acid groups (broad SMARTS) is 1. The Labute approximate surface area is 103 Å². The molecule has 0 aliphatic rings. The molecule has 6 heteroatoms. The molecule has 3 N–H and O–H groups in total. The highest BCUT2D eigenvalue weighted by Gasteiger charge is 2.16. The van der Waals surface area contributed by atoms with Crippen molar-refractivity contribution in [3.8, 4) is 11.3 Å². The van der Waals surface area contributed by atoms with Crippen molar-refractivity contribution in [1.82, 2.24) is 9.78 Å². The van der Waals surface area contributed by atoms with E-state index in [-0.39, 0.29) is 11.1 Å². The number of hydrogen-bond acceptors (Lipinski definition) is 3. The lowest BCUT2D eigenvalue weighted by Gasteiger charge is -2.05. The fourth-order valence-electron chi connectivity index (χ4n) is 1.71. The predicted octanol–water partition coefficient (Wildman–Crippen LogP) is 1.82. The molecule has 0 radical (unpaired) electrons. The number of nitrogens with zero attached hydrogens (tertiary/aromatic N) is 2. The lowest BCUT2D eigenvalue weighted by molar-refractivity contribution is 0.0696. The van der Waals surface area contributed by atoms with Crippen LogP contribution in [0.4, 0.5) is 10.2 Å². The van der Waals surface area contributed by atoms with Crippen molar-refractivity contribution in [2.24, 2.45) is 7.05 Å². The minimum Gasteiger partial charge on any atom is -0.478 e. The molecule has 0 saturated carbocycles. The number of carboxylic acids is 1. The minimum absolute atomic E-state index is 0.0515. The number of anilines is 1. The van der Waals surface area contributed by atoms with E-state index in [0.29, 0.717) is 17.1 Å². The summed E-state index contributed by atoms with van der Waals surface area (Å²) in [5.41, 5.74) is 6.48. The van der Waals surface area contributed by atoms with Crippen LogP contribution in [-0.2, 0) is 7.05 Å². The Bertz CT molecular complexity index is 615. The average molecular weight is 249 g/mol. The Balaban J connectivity index is 2.64. The molecule has 2 rings (SSSR count). The quantitative estimate of drug-likeness (QED) is 0.850. The topological polar surface area (TPSA) is 81.1 Å². The number of aromatic carboxylic acids is 1. The molecular weight excluding hydrogens is 237 g/mol. The van der Waals surface area contributed by atoms with Gasteiger partial charge in [0, 0.05) is 18.7 Å². The highest BCUT2D eigenvalue weighted by atomic mass is 19.1. The third kappa shape index (κ3) is 1.92. The van der Waals surface area contributed by atoms with Gasteiger partial charge in [-0.15, -0.1) is 0 Å². The number of nitrogens with two attached hydrogens (primary N) is 1. The van der Waals surface area contributed by atoms with E-state index in [1.165, 1.54) is 22.9 Å². The van der Waals surface area contributed by atoms with Crippen LogP contribution >= 0.6 is 0 Å². The second-order valence-electron chi connectivity index (χ2n) is 4.03. The van der Waals surface area contributed by atoms with Crippen molar-refractivity contribution < 1.29 is 14.3 Å². The van der Waals surface area contributed by atoms with E-state index in [0.717, 1.165) is 0 Å². The molecule has 0 spiro atoms. The molecule has 0 fully saturated rings. The van der Waals surface area contributed by atoms with Crippen molar-refractivity contribution in [1.29, 1.82) is 0 Å². The first-order valence-electron chi connectivity index (χ1n) is 5.23. The third-order valence-corrected chi connectivity index (χ3v) is 2.74. The zero-order valence-corrected chi connectivity index (χ0v) is 9.94. The number of halogens is 1. The Morgan fingerprint density at radius 1 is 1.44 bits per heavy atom. The van der Waals surface area contributed by atoms with Crippen LogP contribution < -0.4 is 5.73 Å². The first-order chi connectivity index (χ1) is 8.40. The van der Waals surface area contributed by atoms with Crippen molar-refractivity contribution in [3.63, 3.8) is 0 Å². The van der Waals surface area contributed by atoms with Crippen LogP contribution in [0.3, 0.4) is 0 Å². The van der Waals surface area contributed by atoms with E-state index in [1.807, 2.05) is 0 Å². The van der Waals surface area contributed by atoms with Crippen LogP contribution in [0, 0.1) is 12.7 Å². The number of benzene rings is 1. The molecule has 5 nitrogen and oxygen atoms in total. The molecular formula is C12H12FN3O2. The molecule has 0 aliphatic carbocycles. The highest BCUT2D eigenvalue weighted by molar-refractivity contribution is 5.91. The SMILES string of the molecule is Cc1cc(F)c(-c2cc(N)n(C)n2)cc1C(=O)O. The number of nitrogen functional groups attached to an aromatic ring is 1. The number of carbonyl (C=O) groups is 1. The molecule has 0 atom stereocenters. The molecule has 1 aromatic carbocycles. The van der Waals surface area contributed by atoms with Gasteiger partial charge in [0.15, 0.2) is 0 Å². The Morgan fingerprint density at radius 3 is 2.61 bits per heavy atom. The van der Waals surface area contributed by atoms with Gasteiger partial charge in [-0.3, -0.25) is 4.68 Å². The zero-order valence-electron chi connectivity index (χ0n) is 9.94. The summed E-state index contributed by atoms with van der Waals surface area (Å²) in [6.07, 6.45) is 0. The molecule has 1 aromatic heterocycles. The van der Waals surface area contributed by atoms with Gasteiger partial charge in [-0.1, -0.05) is 0 Å². The van der Waals surface area contributed by atoms with Gasteiger partial charge < -0.3 is 10.8 Å². The van der Waals surface area contributed by atoms with Crippen LogP contribution in [0.2, 0.25) is 0 Å². The Hall–Kier alpha value is -2.37. The van der Waals surface area contributed by atoms with E-state index >= 15 is 0 Å². The van der Waals surface area contributed by atoms with E-state index in [4.69, 9.17) is 10.8 Å². The molecule has 1 heterocycles. The summed E-state index contributed by atoms with van der Waals surface area (Å²) in [6.45, 7) is 1.54. The van der Waals surface area contributed by atoms with Crippen LogP contribution in [-0.4, -0.2) is 20.9 Å². The molecule has 0 bridgehead atoms. The van der Waals surface area contributed by atoms with Crippen LogP contribution in [0.5, 0.6) is 0 Å². The largest absolute Gasteiger partial charge is 0.478 e. The summed E-state index contributed by atoms with van der Waals surface area (Å²) in [5, 5.41) is 13.0. The van der Waals surface area contributed by atoms with Crippen LogP contribution in [0.25, 0.3) is 11.3 Å². The second-order valence-corrected chi connectivity index (χ2v) is 4.03. The van der Waals surface area contributed by atoms with Gasteiger partial charge in [-0.25, -0.2) is 9.18 Å². The van der Waals surface area contributed by atoms with Crippen molar-refractivity contribution in [2.45, 2.75) is 6.92 Å². The lowest BCUT2D eigenvalue weighted by atomic mass is 10.0. The van der Waals surface area contributed by atoms with E-state index in [1.54, 1.807) is 14.0 Å². The fraction of sp³-hybridized carbons (Fsp3) is 0.167. The second kappa shape index (κ2) is 4.14. The molecule has 2 aromatic rings. The molecule has 0 aliphatic heterocycles. The number of hydrogen-bond donors (Lipinski definition) is 2. The number of aromatic nitrogens is 2. The third-order valence-electron chi connectivity index (χ3n) is 2.74. The standard InChI is InChI=1S/C12H12FN3O2/c1-6-3-9(13)8(4-7(6)12(17)18)10-5-11(14)16(2)15-10/h3-5H,14H2,1-2H3,(H,17,18). The van der Waals surface area contributed by atoms with E-state index in [9.17, 15) is 9.18 Å². The number of aryl methyl sites for hydroxylation is 2. The van der Waals surface area contributed by atoms with Gasteiger partial charge >= 0.3 is 5.97 Å².